The molecule has 1 aromatic carbocycles. The minimum Gasteiger partial charge on any atom is -0.347 e. The molecule has 25 heavy (non-hydrogen) atoms. The number of carbonyl (C=O) groups is 1. The molecule has 7 nitrogen and oxygen atoms in total. The van der Waals surface area contributed by atoms with E-state index in [4.69, 9.17) is 5.73 Å². The molecule has 1 aromatic heterocycles. The SMILES string of the molecule is CN(C)C(=O)C(c1ccccc1)n1cc(CN2CCC(N)CC2)nn1. The van der Waals surface area contributed by atoms with Crippen molar-refractivity contribution < 1.29 is 4.79 Å². The quantitative estimate of drug-likeness (QED) is 0.872. The molecule has 134 valence electrons. The number of piperidine rings is 1. The first-order valence-corrected chi connectivity index (χ1v) is 8.69. The summed E-state index contributed by atoms with van der Waals surface area (Å²) in [4.78, 5) is 16.6. The molecule has 0 bridgehead atoms. The maximum atomic E-state index is 12.7. The summed E-state index contributed by atoms with van der Waals surface area (Å²) in [5.41, 5.74) is 7.74. The van der Waals surface area contributed by atoms with Crippen LogP contribution >= 0.6 is 0 Å². The van der Waals surface area contributed by atoms with E-state index in [0.717, 1.165) is 43.7 Å². The van der Waals surface area contributed by atoms with Crippen molar-refractivity contribution in [3.8, 4) is 0 Å². The Bertz CT molecular complexity index is 691. The summed E-state index contributed by atoms with van der Waals surface area (Å²) < 4.78 is 1.67. The van der Waals surface area contributed by atoms with Gasteiger partial charge in [0.05, 0.1) is 11.9 Å². The second kappa shape index (κ2) is 7.76. The summed E-state index contributed by atoms with van der Waals surface area (Å²) in [7, 11) is 3.51. The highest BCUT2D eigenvalue weighted by Crippen LogP contribution is 2.20. The first-order valence-electron chi connectivity index (χ1n) is 8.69. The van der Waals surface area contributed by atoms with E-state index in [1.165, 1.54) is 0 Å². The van der Waals surface area contributed by atoms with E-state index in [2.05, 4.69) is 15.2 Å². The number of likely N-dealkylation sites (N-methyl/N-ethyl adjacent to an activating group) is 1. The predicted octanol–water partition coefficient (Wildman–Crippen LogP) is 0.879. The topological polar surface area (TPSA) is 80.3 Å². The maximum absolute atomic E-state index is 12.7. The van der Waals surface area contributed by atoms with Gasteiger partial charge in [0.1, 0.15) is 0 Å². The average Bonchev–Trinajstić information content (AvgIpc) is 3.06. The Morgan fingerprint density at radius 1 is 1.28 bits per heavy atom. The van der Waals surface area contributed by atoms with Crippen LogP contribution in [-0.4, -0.2) is 63.9 Å². The smallest absolute Gasteiger partial charge is 0.251 e. The molecular weight excluding hydrogens is 316 g/mol. The fraction of sp³-hybridized carbons (Fsp3) is 0.500. The van der Waals surface area contributed by atoms with Crippen LogP contribution in [0.15, 0.2) is 36.5 Å². The van der Waals surface area contributed by atoms with Gasteiger partial charge >= 0.3 is 0 Å². The van der Waals surface area contributed by atoms with Gasteiger partial charge in [-0.25, -0.2) is 4.68 Å². The van der Waals surface area contributed by atoms with Crippen LogP contribution in [0.25, 0.3) is 0 Å². The van der Waals surface area contributed by atoms with Crippen LogP contribution in [-0.2, 0) is 11.3 Å². The third-order valence-corrected chi connectivity index (χ3v) is 4.63. The largest absolute Gasteiger partial charge is 0.347 e. The Morgan fingerprint density at radius 3 is 2.60 bits per heavy atom. The zero-order valence-electron chi connectivity index (χ0n) is 14.9. The number of rotatable bonds is 5. The Hall–Kier alpha value is -2.25. The lowest BCUT2D eigenvalue weighted by molar-refractivity contribution is -0.131. The summed E-state index contributed by atoms with van der Waals surface area (Å²) in [6, 6.07) is 9.51. The lowest BCUT2D eigenvalue weighted by atomic mass is 10.1. The number of aromatic nitrogens is 3. The summed E-state index contributed by atoms with van der Waals surface area (Å²) in [5, 5.41) is 8.53. The van der Waals surface area contributed by atoms with Crippen molar-refractivity contribution in [2.45, 2.75) is 31.5 Å². The van der Waals surface area contributed by atoms with Crippen molar-refractivity contribution in [3.05, 3.63) is 47.8 Å². The molecule has 2 heterocycles. The number of carbonyl (C=O) groups excluding carboxylic acids is 1. The van der Waals surface area contributed by atoms with Crippen LogP contribution in [0.1, 0.15) is 30.1 Å². The molecule has 1 unspecified atom stereocenters. The first-order chi connectivity index (χ1) is 12.0. The highest BCUT2D eigenvalue weighted by atomic mass is 16.2. The van der Waals surface area contributed by atoms with Crippen molar-refractivity contribution in [2.24, 2.45) is 5.73 Å². The number of nitrogens with zero attached hydrogens (tertiary/aromatic N) is 5. The molecule has 1 amide bonds. The van der Waals surface area contributed by atoms with Crippen LogP contribution in [0, 0.1) is 0 Å². The molecule has 7 heteroatoms. The number of hydrogen-bond donors (Lipinski definition) is 1. The van der Waals surface area contributed by atoms with E-state index in [1.54, 1.807) is 23.7 Å². The lowest BCUT2D eigenvalue weighted by Gasteiger charge is -2.29. The van der Waals surface area contributed by atoms with Gasteiger partial charge in [-0.05, 0) is 18.4 Å². The fourth-order valence-corrected chi connectivity index (χ4v) is 3.14. The van der Waals surface area contributed by atoms with E-state index in [0.29, 0.717) is 6.04 Å². The zero-order chi connectivity index (χ0) is 17.8. The van der Waals surface area contributed by atoms with E-state index in [9.17, 15) is 4.79 Å². The van der Waals surface area contributed by atoms with E-state index < -0.39 is 6.04 Å². The van der Waals surface area contributed by atoms with E-state index in [-0.39, 0.29) is 5.91 Å². The Labute approximate surface area is 148 Å². The van der Waals surface area contributed by atoms with Gasteiger partial charge in [-0.15, -0.1) is 5.10 Å². The molecule has 0 aliphatic carbocycles. The molecule has 0 spiro atoms. The van der Waals surface area contributed by atoms with Crippen molar-refractivity contribution in [3.63, 3.8) is 0 Å². The number of likely N-dealkylation sites (tertiary alicyclic amines) is 1. The predicted molar refractivity (Wildman–Crippen MR) is 95.8 cm³/mol. The van der Waals surface area contributed by atoms with E-state index in [1.807, 2.05) is 36.5 Å². The molecule has 1 atom stereocenters. The summed E-state index contributed by atoms with van der Waals surface area (Å²) in [5.74, 6) is -0.0217. The first kappa shape index (κ1) is 17.6. The molecule has 1 aliphatic heterocycles. The molecule has 3 rings (SSSR count). The van der Waals surface area contributed by atoms with Gasteiger partial charge in [0.15, 0.2) is 6.04 Å². The lowest BCUT2D eigenvalue weighted by Crippen LogP contribution is -2.39. The van der Waals surface area contributed by atoms with Gasteiger partial charge in [0.25, 0.3) is 5.91 Å². The summed E-state index contributed by atoms with van der Waals surface area (Å²) in [6.07, 6.45) is 3.91. The van der Waals surface area contributed by atoms with Crippen LogP contribution in [0.4, 0.5) is 0 Å². The zero-order valence-corrected chi connectivity index (χ0v) is 14.9. The molecule has 0 radical (unpaired) electrons. The molecule has 2 N–H and O–H groups in total. The highest BCUT2D eigenvalue weighted by molar-refractivity contribution is 5.83. The third-order valence-electron chi connectivity index (χ3n) is 4.63. The highest BCUT2D eigenvalue weighted by Gasteiger charge is 2.26. The minimum absolute atomic E-state index is 0.0217. The van der Waals surface area contributed by atoms with Crippen LogP contribution in [0.5, 0.6) is 0 Å². The molecule has 2 aromatic rings. The average molecular weight is 342 g/mol. The molecule has 1 aliphatic rings. The van der Waals surface area contributed by atoms with Gasteiger partial charge in [-0.2, -0.15) is 0 Å². The maximum Gasteiger partial charge on any atom is 0.251 e. The Morgan fingerprint density at radius 2 is 1.96 bits per heavy atom. The normalized spacial score (nSPS) is 17.4. The van der Waals surface area contributed by atoms with Crippen molar-refractivity contribution in [1.82, 2.24) is 24.8 Å². The van der Waals surface area contributed by atoms with Gasteiger partial charge in [-0.1, -0.05) is 35.5 Å². The number of hydrogen-bond acceptors (Lipinski definition) is 5. The van der Waals surface area contributed by atoms with Gasteiger partial charge < -0.3 is 10.6 Å². The van der Waals surface area contributed by atoms with Crippen LogP contribution in [0.2, 0.25) is 0 Å². The molecule has 1 fully saturated rings. The second-order valence-electron chi connectivity index (χ2n) is 6.85. The number of nitrogens with two attached hydrogens (primary N) is 1. The molecular formula is C18H26N6O. The standard InChI is InChI=1S/C18H26N6O/c1-22(2)18(25)17(14-6-4-3-5-7-14)24-13-16(20-21-24)12-23-10-8-15(19)9-11-23/h3-7,13,15,17H,8-12,19H2,1-2H3. The van der Waals surface area contributed by atoms with Crippen LogP contribution < -0.4 is 5.73 Å². The van der Waals surface area contributed by atoms with Crippen LogP contribution in [0.3, 0.4) is 0 Å². The fourth-order valence-electron chi connectivity index (χ4n) is 3.14. The van der Waals surface area contributed by atoms with Gasteiger partial charge in [-0.3, -0.25) is 9.69 Å². The van der Waals surface area contributed by atoms with Gasteiger partial charge in [0.2, 0.25) is 0 Å². The third kappa shape index (κ3) is 4.24. The molecule has 0 saturated carbocycles. The van der Waals surface area contributed by atoms with Crippen molar-refractivity contribution >= 4 is 5.91 Å². The van der Waals surface area contributed by atoms with Crippen molar-refractivity contribution in [2.75, 3.05) is 27.2 Å². The number of benzene rings is 1. The summed E-state index contributed by atoms with van der Waals surface area (Å²) >= 11 is 0. The Kier molecular flexibility index (Phi) is 5.45. The van der Waals surface area contributed by atoms with E-state index >= 15 is 0 Å². The van der Waals surface area contributed by atoms with Crippen molar-refractivity contribution in [1.29, 1.82) is 0 Å². The second-order valence-corrected chi connectivity index (χ2v) is 6.85. The summed E-state index contributed by atoms with van der Waals surface area (Å²) in [6.45, 7) is 2.70. The minimum atomic E-state index is -0.493. The molecule has 1 saturated heterocycles. The number of amides is 1. The Balaban J connectivity index is 1.78. The van der Waals surface area contributed by atoms with Gasteiger partial charge in [0, 0.05) is 39.8 Å². The monoisotopic (exact) mass is 342 g/mol.